The van der Waals surface area contributed by atoms with Gasteiger partial charge in [-0.15, -0.1) is 0 Å². The Morgan fingerprint density at radius 1 is 1.00 bits per heavy atom. The number of hydrogen-bond donors (Lipinski definition) is 3. The normalized spacial score (nSPS) is 13.6. The summed E-state index contributed by atoms with van der Waals surface area (Å²) in [6, 6.07) is 11.9. The summed E-state index contributed by atoms with van der Waals surface area (Å²) < 4.78 is 83.0. The lowest BCUT2D eigenvalue weighted by molar-refractivity contribution is -0.260. The van der Waals surface area contributed by atoms with Crippen LogP contribution >= 0.6 is 0 Å². The highest BCUT2D eigenvalue weighted by atomic mass is 19.4. The number of nitrogens with two attached hydrogens (primary N) is 1. The summed E-state index contributed by atoms with van der Waals surface area (Å²) in [5, 5.41) is 16.4. The number of rotatable bonds is 8. The first-order valence-corrected chi connectivity index (χ1v) is 11.1. The molecule has 38 heavy (non-hydrogen) atoms. The lowest BCUT2D eigenvalue weighted by Crippen LogP contribution is -2.60. The van der Waals surface area contributed by atoms with Crippen LogP contribution in [0.3, 0.4) is 0 Å². The van der Waals surface area contributed by atoms with Crippen molar-refractivity contribution < 1.29 is 41.0 Å². The summed E-state index contributed by atoms with van der Waals surface area (Å²) in [5.41, 5.74) is 0.213. The van der Waals surface area contributed by atoms with Gasteiger partial charge in [-0.25, -0.2) is 4.68 Å². The summed E-state index contributed by atoms with van der Waals surface area (Å²) in [6.45, 7) is -2.09. The second-order valence-corrected chi connectivity index (χ2v) is 8.27. The molecule has 8 nitrogen and oxygen atoms in total. The third kappa shape index (κ3) is 5.90. The quantitative estimate of drug-likeness (QED) is 0.376. The molecule has 0 saturated carbocycles. The van der Waals surface area contributed by atoms with Gasteiger partial charge in [-0.2, -0.15) is 31.4 Å². The Labute approximate surface area is 212 Å². The summed E-state index contributed by atoms with van der Waals surface area (Å²) in [4.78, 5) is 25.9. The van der Waals surface area contributed by atoms with Gasteiger partial charge in [-0.1, -0.05) is 30.3 Å². The van der Waals surface area contributed by atoms with E-state index < -0.39 is 60.5 Å². The van der Waals surface area contributed by atoms with Gasteiger partial charge in [0, 0.05) is 6.54 Å². The molecule has 0 fully saturated rings. The monoisotopic (exact) mass is 543 g/mol. The average molecular weight is 543 g/mol. The lowest BCUT2D eigenvalue weighted by Gasteiger charge is -2.35. The van der Waals surface area contributed by atoms with Crippen LogP contribution in [0.4, 0.5) is 32.2 Å². The highest BCUT2D eigenvalue weighted by Gasteiger charge is 2.55. The Kier molecular flexibility index (Phi) is 8.05. The number of anilines is 1. The van der Waals surface area contributed by atoms with Crippen LogP contribution in [0.1, 0.15) is 33.2 Å². The van der Waals surface area contributed by atoms with Crippen LogP contribution in [0, 0.1) is 0 Å². The standard InChI is InChI=1S/C24H23F6N5O3/c1-2-34(21(37)16-10-6-7-11-18(16)23(25,26)27)14-22(38,24(28,29)30)13-32-20(36)17-12-33-35(19(17)31)15-8-4-3-5-9-15/h3-12,38H,2,13-14,31H2,1H3,(H,32,36). The van der Waals surface area contributed by atoms with Crippen molar-refractivity contribution in [1.29, 1.82) is 0 Å². The number of nitrogen functional groups attached to an aromatic ring is 1. The van der Waals surface area contributed by atoms with Gasteiger partial charge in [0.05, 0.1) is 36.1 Å². The van der Waals surface area contributed by atoms with E-state index in [2.05, 4.69) is 5.10 Å². The van der Waals surface area contributed by atoms with Crippen LogP contribution in [0.2, 0.25) is 0 Å². The van der Waals surface area contributed by atoms with Crippen molar-refractivity contribution in [2.75, 3.05) is 25.4 Å². The van der Waals surface area contributed by atoms with Crippen molar-refractivity contribution in [3.8, 4) is 5.69 Å². The molecule has 14 heteroatoms. The van der Waals surface area contributed by atoms with E-state index in [1.165, 1.54) is 11.6 Å². The number of benzene rings is 2. The van der Waals surface area contributed by atoms with Gasteiger partial charge in [0.2, 0.25) is 0 Å². The van der Waals surface area contributed by atoms with E-state index in [1.807, 2.05) is 5.32 Å². The number of alkyl halides is 6. The number of aromatic nitrogens is 2. The number of nitrogens with zero attached hydrogens (tertiary/aromatic N) is 3. The number of likely N-dealkylation sites (N-methyl/N-ethyl adjacent to an activating group) is 1. The zero-order chi connectivity index (χ0) is 28.3. The molecule has 3 rings (SSSR count). The van der Waals surface area contributed by atoms with Crippen molar-refractivity contribution in [2.45, 2.75) is 24.9 Å². The molecular formula is C24H23F6N5O3. The number of carbonyl (C=O) groups excluding carboxylic acids is 2. The Hall–Kier alpha value is -4.07. The Morgan fingerprint density at radius 3 is 2.18 bits per heavy atom. The number of carbonyl (C=O) groups is 2. The molecule has 4 N–H and O–H groups in total. The maximum absolute atomic E-state index is 13.9. The third-order valence-electron chi connectivity index (χ3n) is 5.71. The number of hydrogen-bond acceptors (Lipinski definition) is 5. The third-order valence-corrected chi connectivity index (χ3v) is 5.71. The van der Waals surface area contributed by atoms with Gasteiger partial charge in [0.15, 0.2) is 5.60 Å². The minimum Gasteiger partial charge on any atom is -0.383 e. The molecule has 0 aliphatic heterocycles. The first-order chi connectivity index (χ1) is 17.7. The van der Waals surface area contributed by atoms with E-state index in [1.54, 1.807) is 30.3 Å². The van der Waals surface area contributed by atoms with Crippen molar-refractivity contribution in [3.63, 3.8) is 0 Å². The summed E-state index contributed by atoms with van der Waals surface area (Å²) in [5.74, 6) is -2.65. The van der Waals surface area contributed by atoms with Gasteiger partial charge in [0.25, 0.3) is 11.8 Å². The Morgan fingerprint density at radius 2 is 1.61 bits per heavy atom. The van der Waals surface area contributed by atoms with Crippen LogP contribution < -0.4 is 11.1 Å². The van der Waals surface area contributed by atoms with E-state index in [-0.39, 0.29) is 11.4 Å². The molecule has 0 spiro atoms. The molecule has 0 bridgehead atoms. The predicted molar refractivity (Wildman–Crippen MR) is 124 cm³/mol. The smallest absolute Gasteiger partial charge is 0.383 e. The fourth-order valence-corrected chi connectivity index (χ4v) is 3.61. The predicted octanol–water partition coefficient (Wildman–Crippen LogP) is 3.66. The molecule has 204 valence electrons. The first-order valence-electron chi connectivity index (χ1n) is 11.1. The molecule has 1 aromatic heterocycles. The van der Waals surface area contributed by atoms with Gasteiger partial charge in [-0.05, 0) is 31.2 Å². The van der Waals surface area contributed by atoms with Gasteiger partial charge < -0.3 is 21.1 Å². The molecule has 2 aromatic carbocycles. The van der Waals surface area contributed by atoms with Gasteiger partial charge in [-0.3, -0.25) is 9.59 Å². The number of nitrogens with one attached hydrogen (secondary N) is 1. The molecule has 0 aliphatic carbocycles. The van der Waals surface area contributed by atoms with E-state index >= 15 is 0 Å². The minimum atomic E-state index is -5.38. The van der Waals surface area contributed by atoms with Crippen molar-refractivity contribution >= 4 is 17.6 Å². The zero-order valence-corrected chi connectivity index (χ0v) is 19.8. The molecule has 1 unspecified atom stereocenters. The zero-order valence-electron chi connectivity index (χ0n) is 19.8. The fraction of sp³-hybridized carbons (Fsp3) is 0.292. The number of aliphatic hydroxyl groups is 1. The highest BCUT2D eigenvalue weighted by molar-refractivity contribution is 5.98. The SMILES string of the molecule is CCN(CC(O)(CNC(=O)c1cnn(-c2ccccc2)c1N)C(F)(F)F)C(=O)c1ccccc1C(F)(F)F. The molecule has 2 amide bonds. The van der Waals surface area contributed by atoms with Crippen LogP contribution in [0.5, 0.6) is 0 Å². The number of para-hydroxylation sites is 1. The first kappa shape index (κ1) is 28.5. The second-order valence-electron chi connectivity index (χ2n) is 8.27. The molecule has 1 heterocycles. The van der Waals surface area contributed by atoms with Gasteiger partial charge >= 0.3 is 12.4 Å². The molecule has 0 aliphatic rings. The fourth-order valence-electron chi connectivity index (χ4n) is 3.61. The maximum Gasteiger partial charge on any atom is 0.420 e. The van der Waals surface area contributed by atoms with E-state index in [4.69, 9.17) is 5.73 Å². The minimum absolute atomic E-state index is 0.182. The number of amides is 2. The lowest BCUT2D eigenvalue weighted by atomic mass is 10.0. The molecule has 0 radical (unpaired) electrons. The van der Waals surface area contributed by atoms with Crippen LogP contribution in [0.15, 0.2) is 60.8 Å². The van der Waals surface area contributed by atoms with Gasteiger partial charge in [0.1, 0.15) is 11.4 Å². The Balaban J connectivity index is 1.83. The Bertz CT molecular complexity index is 1290. The van der Waals surface area contributed by atoms with Crippen LogP contribution in [0.25, 0.3) is 5.69 Å². The summed E-state index contributed by atoms with van der Waals surface area (Å²) in [7, 11) is 0. The molecule has 0 saturated heterocycles. The van der Waals surface area contributed by atoms with E-state index in [0.29, 0.717) is 16.7 Å². The topological polar surface area (TPSA) is 113 Å². The van der Waals surface area contributed by atoms with Crippen molar-refractivity contribution in [3.05, 3.63) is 77.5 Å². The van der Waals surface area contributed by atoms with Crippen LogP contribution in [-0.4, -0.2) is 63.0 Å². The van der Waals surface area contributed by atoms with Crippen molar-refractivity contribution in [1.82, 2.24) is 20.0 Å². The number of halogens is 6. The van der Waals surface area contributed by atoms with Crippen LogP contribution in [-0.2, 0) is 6.18 Å². The molecule has 3 aromatic rings. The highest BCUT2D eigenvalue weighted by Crippen LogP contribution is 2.34. The largest absolute Gasteiger partial charge is 0.420 e. The van der Waals surface area contributed by atoms with E-state index in [9.17, 15) is 41.0 Å². The second kappa shape index (κ2) is 10.7. The molecular weight excluding hydrogens is 520 g/mol. The van der Waals surface area contributed by atoms with E-state index in [0.717, 1.165) is 24.4 Å². The van der Waals surface area contributed by atoms with Crippen molar-refractivity contribution in [2.24, 2.45) is 0 Å². The maximum atomic E-state index is 13.9. The average Bonchev–Trinajstić information content (AvgIpc) is 3.26. The summed E-state index contributed by atoms with van der Waals surface area (Å²) >= 11 is 0. The molecule has 1 atom stereocenters. The summed E-state index contributed by atoms with van der Waals surface area (Å²) in [6.07, 6.45) is -9.29.